The van der Waals surface area contributed by atoms with E-state index in [4.69, 9.17) is 9.47 Å². The molecule has 0 aromatic carbocycles. The van der Waals surface area contributed by atoms with Gasteiger partial charge in [0.05, 0.1) is 13.2 Å². The van der Waals surface area contributed by atoms with Crippen LogP contribution in [0.5, 0.6) is 0 Å². The second kappa shape index (κ2) is 7.24. The summed E-state index contributed by atoms with van der Waals surface area (Å²) in [7, 11) is 0. The maximum atomic E-state index is 11.2. The summed E-state index contributed by atoms with van der Waals surface area (Å²) in [6.07, 6.45) is 1.54. The van der Waals surface area contributed by atoms with Gasteiger partial charge in [0.25, 0.3) is 5.95 Å². The van der Waals surface area contributed by atoms with Crippen LogP contribution in [0.2, 0.25) is 0 Å². The third kappa shape index (κ3) is 4.74. The number of esters is 1. The number of aliphatic hydroxyl groups is 1. The van der Waals surface area contributed by atoms with Crippen molar-refractivity contribution in [2.24, 2.45) is 0 Å². The number of rotatable bonds is 6. The van der Waals surface area contributed by atoms with E-state index in [9.17, 15) is 9.90 Å². The van der Waals surface area contributed by atoms with Crippen LogP contribution in [-0.4, -0.2) is 24.3 Å². The summed E-state index contributed by atoms with van der Waals surface area (Å²) in [6, 6.07) is 0. The van der Waals surface area contributed by atoms with Crippen LogP contribution in [-0.2, 0) is 14.3 Å². The molecular formula is C10H18O4. The molecule has 0 heterocycles. The first kappa shape index (κ1) is 12.8. The van der Waals surface area contributed by atoms with Gasteiger partial charge >= 0.3 is 5.97 Å². The molecule has 0 amide bonds. The van der Waals surface area contributed by atoms with E-state index < -0.39 is 5.97 Å². The van der Waals surface area contributed by atoms with Crippen molar-refractivity contribution >= 4 is 5.97 Å². The average molecular weight is 202 g/mol. The fourth-order valence-corrected chi connectivity index (χ4v) is 0.697. The van der Waals surface area contributed by atoms with E-state index in [1.165, 1.54) is 6.92 Å². The molecule has 0 fully saturated rings. The summed E-state index contributed by atoms with van der Waals surface area (Å²) >= 11 is 0. The molecule has 4 nitrogen and oxygen atoms in total. The minimum Gasteiger partial charge on any atom is -0.481 e. The highest BCUT2D eigenvalue weighted by Crippen LogP contribution is 2.05. The smallest absolute Gasteiger partial charge is 0.340 e. The molecule has 0 radical (unpaired) electrons. The molecule has 0 spiro atoms. The number of hydrogen-bond donors (Lipinski definition) is 1. The SMILES string of the molecule is CCCOC(=O)/C(C)=C(/O)OCCC. The normalized spacial score (nSPS) is 11.9. The van der Waals surface area contributed by atoms with Gasteiger partial charge in [0, 0.05) is 0 Å². The van der Waals surface area contributed by atoms with Gasteiger partial charge in [0.2, 0.25) is 0 Å². The molecule has 0 aliphatic rings. The maximum Gasteiger partial charge on any atom is 0.340 e. The van der Waals surface area contributed by atoms with Gasteiger partial charge in [0.1, 0.15) is 5.57 Å². The van der Waals surface area contributed by atoms with Crippen LogP contribution in [0.3, 0.4) is 0 Å². The van der Waals surface area contributed by atoms with Gasteiger partial charge in [-0.25, -0.2) is 4.79 Å². The topological polar surface area (TPSA) is 55.8 Å². The van der Waals surface area contributed by atoms with E-state index in [1.807, 2.05) is 13.8 Å². The number of ether oxygens (including phenoxy) is 2. The molecule has 0 aromatic heterocycles. The van der Waals surface area contributed by atoms with Crippen molar-refractivity contribution in [1.82, 2.24) is 0 Å². The Hall–Kier alpha value is -1.19. The van der Waals surface area contributed by atoms with Crippen molar-refractivity contribution in [1.29, 1.82) is 0 Å². The molecule has 0 atom stereocenters. The van der Waals surface area contributed by atoms with Crippen LogP contribution in [0.25, 0.3) is 0 Å². The minimum atomic E-state index is -0.527. The Kier molecular flexibility index (Phi) is 6.62. The van der Waals surface area contributed by atoms with Crippen molar-refractivity contribution in [3.8, 4) is 0 Å². The molecule has 0 rings (SSSR count). The van der Waals surface area contributed by atoms with E-state index in [0.29, 0.717) is 13.2 Å². The number of hydrogen-bond acceptors (Lipinski definition) is 4. The van der Waals surface area contributed by atoms with Crippen LogP contribution in [0.4, 0.5) is 0 Å². The lowest BCUT2D eigenvalue weighted by Crippen LogP contribution is -2.10. The first-order chi connectivity index (χ1) is 6.63. The standard InChI is InChI=1S/C10H18O4/c1-4-6-13-9(11)8(3)10(12)14-7-5-2/h11H,4-7H2,1-3H3/b9-8-. The Bertz CT molecular complexity index is 208. The Labute approximate surface area is 84.5 Å². The van der Waals surface area contributed by atoms with Crippen LogP contribution < -0.4 is 0 Å². The number of carbonyl (C=O) groups excluding carboxylic acids is 1. The number of carbonyl (C=O) groups is 1. The summed E-state index contributed by atoms with van der Waals surface area (Å²) in [5.74, 6) is -0.867. The maximum absolute atomic E-state index is 11.2. The Morgan fingerprint density at radius 2 is 1.64 bits per heavy atom. The Morgan fingerprint density at radius 1 is 1.14 bits per heavy atom. The van der Waals surface area contributed by atoms with E-state index in [-0.39, 0.29) is 11.5 Å². The van der Waals surface area contributed by atoms with Gasteiger partial charge in [0.15, 0.2) is 0 Å². The summed E-state index contributed by atoms with van der Waals surface area (Å²) in [5, 5.41) is 9.28. The summed E-state index contributed by atoms with van der Waals surface area (Å²) in [6.45, 7) is 6.04. The lowest BCUT2D eigenvalue weighted by atomic mass is 10.3. The minimum absolute atomic E-state index is 0.118. The fraction of sp³-hybridized carbons (Fsp3) is 0.700. The van der Waals surface area contributed by atoms with Crippen molar-refractivity contribution in [3.05, 3.63) is 11.5 Å². The highest BCUT2D eigenvalue weighted by Gasteiger charge is 2.12. The van der Waals surface area contributed by atoms with Crippen LogP contribution in [0.15, 0.2) is 11.5 Å². The zero-order chi connectivity index (χ0) is 11.0. The summed E-state index contributed by atoms with van der Waals surface area (Å²) in [4.78, 5) is 11.2. The first-order valence-electron chi connectivity index (χ1n) is 4.83. The molecule has 0 aliphatic carbocycles. The van der Waals surface area contributed by atoms with Gasteiger partial charge in [-0.15, -0.1) is 0 Å². The van der Waals surface area contributed by atoms with E-state index in [0.717, 1.165) is 12.8 Å². The largest absolute Gasteiger partial charge is 0.481 e. The zero-order valence-corrected chi connectivity index (χ0v) is 9.00. The third-order valence-electron chi connectivity index (χ3n) is 1.51. The quantitative estimate of drug-likeness (QED) is 0.407. The van der Waals surface area contributed by atoms with E-state index in [1.54, 1.807) is 0 Å². The molecule has 0 saturated carbocycles. The molecule has 1 N–H and O–H groups in total. The molecule has 14 heavy (non-hydrogen) atoms. The first-order valence-corrected chi connectivity index (χ1v) is 4.83. The summed E-state index contributed by atoms with van der Waals surface area (Å²) < 4.78 is 9.71. The van der Waals surface area contributed by atoms with Gasteiger partial charge in [-0.3, -0.25) is 0 Å². The third-order valence-corrected chi connectivity index (χ3v) is 1.51. The van der Waals surface area contributed by atoms with Crippen LogP contribution in [0, 0.1) is 0 Å². The zero-order valence-electron chi connectivity index (χ0n) is 9.00. The average Bonchev–Trinajstić information content (AvgIpc) is 2.21. The van der Waals surface area contributed by atoms with Crippen LogP contribution >= 0.6 is 0 Å². The molecule has 4 heteroatoms. The highest BCUT2D eigenvalue weighted by atomic mass is 16.6. The second-order valence-corrected chi connectivity index (χ2v) is 2.91. The molecule has 0 unspecified atom stereocenters. The lowest BCUT2D eigenvalue weighted by Gasteiger charge is -2.07. The van der Waals surface area contributed by atoms with Crippen molar-refractivity contribution < 1.29 is 19.4 Å². The van der Waals surface area contributed by atoms with E-state index in [2.05, 4.69) is 0 Å². The van der Waals surface area contributed by atoms with Crippen molar-refractivity contribution in [2.75, 3.05) is 13.2 Å². The molecule has 0 bridgehead atoms. The molecule has 0 aromatic rings. The Balaban J connectivity index is 4.11. The van der Waals surface area contributed by atoms with Gasteiger partial charge in [-0.2, -0.15) is 0 Å². The monoisotopic (exact) mass is 202 g/mol. The van der Waals surface area contributed by atoms with Crippen molar-refractivity contribution in [2.45, 2.75) is 33.6 Å². The van der Waals surface area contributed by atoms with Crippen LogP contribution in [0.1, 0.15) is 33.6 Å². The van der Waals surface area contributed by atoms with E-state index >= 15 is 0 Å². The fourth-order valence-electron chi connectivity index (χ4n) is 0.697. The predicted octanol–water partition coefficient (Wildman–Crippen LogP) is 2.16. The second-order valence-electron chi connectivity index (χ2n) is 2.91. The predicted molar refractivity (Wildman–Crippen MR) is 52.8 cm³/mol. The van der Waals surface area contributed by atoms with Crippen molar-refractivity contribution in [3.63, 3.8) is 0 Å². The molecular weight excluding hydrogens is 184 g/mol. The van der Waals surface area contributed by atoms with Gasteiger partial charge in [-0.1, -0.05) is 13.8 Å². The summed E-state index contributed by atoms with van der Waals surface area (Å²) in [5.41, 5.74) is 0.118. The molecule has 0 saturated heterocycles. The lowest BCUT2D eigenvalue weighted by molar-refractivity contribution is -0.139. The Morgan fingerprint density at radius 3 is 2.14 bits per heavy atom. The van der Waals surface area contributed by atoms with Gasteiger partial charge < -0.3 is 14.6 Å². The highest BCUT2D eigenvalue weighted by molar-refractivity contribution is 5.87. The number of aliphatic hydroxyl groups excluding tert-OH is 1. The molecule has 82 valence electrons. The molecule has 0 aliphatic heterocycles. The van der Waals surface area contributed by atoms with Gasteiger partial charge in [-0.05, 0) is 19.8 Å².